The molecule has 32 heavy (non-hydrogen) atoms. The number of imide groups is 1. The van der Waals surface area contributed by atoms with Crippen molar-refractivity contribution in [1.82, 2.24) is 20.2 Å². The number of urea groups is 1. The summed E-state index contributed by atoms with van der Waals surface area (Å²) in [5.74, 6) is 0.407. The summed E-state index contributed by atoms with van der Waals surface area (Å²) in [6.07, 6.45) is 3.26. The molecule has 9 heteroatoms. The lowest BCUT2D eigenvalue weighted by Gasteiger charge is -2.20. The third-order valence-electron chi connectivity index (χ3n) is 5.29. The van der Waals surface area contributed by atoms with E-state index in [1.165, 1.54) is 7.11 Å². The van der Waals surface area contributed by atoms with Gasteiger partial charge in [0.25, 0.3) is 5.91 Å². The van der Waals surface area contributed by atoms with Crippen molar-refractivity contribution < 1.29 is 19.1 Å². The first-order valence-electron chi connectivity index (χ1n) is 10.1. The predicted molar refractivity (Wildman–Crippen MR) is 117 cm³/mol. The van der Waals surface area contributed by atoms with E-state index in [2.05, 4.69) is 15.6 Å². The predicted octanol–water partition coefficient (Wildman–Crippen LogP) is 2.15. The van der Waals surface area contributed by atoms with Crippen molar-refractivity contribution in [1.29, 1.82) is 0 Å². The topological polar surface area (TPSA) is 106 Å². The number of aromatic nitrogens is 2. The molecule has 0 bridgehead atoms. The molecule has 1 aliphatic rings. The van der Waals surface area contributed by atoms with Gasteiger partial charge in [0.05, 0.1) is 19.2 Å². The van der Waals surface area contributed by atoms with Gasteiger partial charge in [0, 0.05) is 19.4 Å². The number of nitrogens with zero attached hydrogens (tertiary/aromatic N) is 3. The van der Waals surface area contributed by atoms with Gasteiger partial charge in [-0.3, -0.25) is 9.59 Å². The van der Waals surface area contributed by atoms with E-state index in [-0.39, 0.29) is 12.3 Å². The van der Waals surface area contributed by atoms with Gasteiger partial charge >= 0.3 is 6.03 Å². The Bertz CT molecular complexity index is 1130. The lowest BCUT2D eigenvalue weighted by molar-refractivity contribution is -0.126. The summed E-state index contributed by atoms with van der Waals surface area (Å²) in [5.41, 5.74) is 1.27. The third-order valence-corrected chi connectivity index (χ3v) is 5.29. The van der Waals surface area contributed by atoms with Crippen LogP contribution in [0.2, 0.25) is 0 Å². The van der Waals surface area contributed by atoms with Crippen LogP contribution in [0.15, 0.2) is 67.0 Å². The number of ether oxygens (including phenoxy) is 1. The third kappa shape index (κ3) is 4.18. The fourth-order valence-corrected chi connectivity index (χ4v) is 3.65. The molecule has 0 aliphatic carbocycles. The zero-order chi connectivity index (χ0) is 22.7. The van der Waals surface area contributed by atoms with Crippen LogP contribution in [0.3, 0.4) is 0 Å². The molecule has 1 aromatic heterocycles. The van der Waals surface area contributed by atoms with Crippen LogP contribution >= 0.6 is 0 Å². The fourth-order valence-electron chi connectivity index (χ4n) is 3.65. The maximum Gasteiger partial charge on any atom is 0.329 e. The van der Waals surface area contributed by atoms with E-state index in [0.717, 1.165) is 10.5 Å². The molecule has 2 N–H and O–H groups in total. The lowest BCUT2D eigenvalue weighted by Crippen LogP contribution is -2.38. The second kappa shape index (κ2) is 8.93. The van der Waals surface area contributed by atoms with Gasteiger partial charge in [-0.1, -0.05) is 30.3 Å². The number of anilines is 1. The first-order valence-corrected chi connectivity index (χ1v) is 10.1. The van der Waals surface area contributed by atoms with Crippen LogP contribution in [0, 0.1) is 0 Å². The number of hydrogen-bond acceptors (Lipinski definition) is 5. The minimum atomic E-state index is -0.956. The SMILES string of the molecule is COc1ccc(N2C(=O)N[C@@H](CC(=O)N[C@H](c3ccccc3)c3nccn3C)C2=O)cc1. The molecule has 1 aliphatic heterocycles. The van der Waals surface area contributed by atoms with Crippen molar-refractivity contribution in [2.45, 2.75) is 18.5 Å². The molecule has 0 radical (unpaired) electrons. The first-order chi connectivity index (χ1) is 15.5. The Labute approximate surface area is 185 Å². The van der Waals surface area contributed by atoms with Gasteiger partial charge in [0.2, 0.25) is 5.91 Å². The molecule has 2 heterocycles. The van der Waals surface area contributed by atoms with E-state index in [9.17, 15) is 14.4 Å². The highest BCUT2D eigenvalue weighted by Crippen LogP contribution is 2.24. The highest BCUT2D eigenvalue weighted by Gasteiger charge is 2.40. The van der Waals surface area contributed by atoms with Gasteiger partial charge < -0.3 is 19.9 Å². The quantitative estimate of drug-likeness (QED) is 0.556. The van der Waals surface area contributed by atoms with E-state index >= 15 is 0 Å². The van der Waals surface area contributed by atoms with Crippen molar-refractivity contribution in [2.24, 2.45) is 7.05 Å². The highest BCUT2D eigenvalue weighted by atomic mass is 16.5. The molecule has 1 saturated heterocycles. The van der Waals surface area contributed by atoms with E-state index < -0.39 is 24.0 Å². The Hall–Kier alpha value is -4.14. The molecule has 0 spiro atoms. The normalized spacial score (nSPS) is 16.6. The molecule has 4 rings (SSSR count). The second-order valence-electron chi connectivity index (χ2n) is 7.39. The van der Waals surface area contributed by atoms with Crippen LogP contribution in [0.1, 0.15) is 23.9 Å². The number of aryl methyl sites for hydroxylation is 1. The van der Waals surface area contributed by atoms with Gasteiger partial charge in [0.15, 0.2) is 0 Å². The molecule has 4 amide bonds. The molecule has 0 unspecified atom stereocenters. The second-order valence-corrected chi connectivity index (χ2v) is 7.39. The van der Waals surface area contributed by atoms with Gasteiger partial charge in [-0.15, -0.1) is 0 Å². The first kappa shape index (κ1) is 21.1. The number of amides is 4. The molecule has 9 nitrogen and oxygen atoms in total. The van der Waals surface area contributed by atoms with Crippen LogP contribution < -0.4 is 20.3 Å². The molecular weight excluding hydrogens is 410 g/mol. The molecule has 2 aromatic carbocycles. The van der Waals surface area contributed by atoms with Gasteiger partial charge in [-0.25, -0.2) is 14.7 Å². The number of benzene rings is 2. The smallest absolute Gasteiger partial charge is 0.329 e. The van der Waals surface area contributed by atoms with Gasteiger partial charge in [-0.2, -0.15) is 0 Å². The largest absolute Gasteiger partial charge is 0.497 e. The minimum Gasteiger partial charge on any atom is -0.497 e. The van der Waals surface area contributed by atoms with Crippen molar-refractivity contribution in [3.8, 4) is 5.75 Å². The molecule has 1 fully saturated rings. The van der Waals surface area contributed by atoms with Crippen molar-refractivity contribution in [3.63, 3.8) is 0 Å². The summed E-state index contributed by atoms with van der Waals surface area (Å²) in [4.78, 5) is 43.6. The zero-order valence-electron chi connectivity index (χ0n) is 17.7. The summed E-state index contributed by atoms with van der Waals surface area (Å²) in [7, 11) is 3.38. The Kier molecular flexibility index (Phi) is 5.89. The van der Waals surface area contributed by atoms with E-state index in [1.54, 1.807) is 36.7 Å². The lowest BCUT2D eigenvalue weighted by atomic mass is 10.1. The van der Waals surface area contributed by atoms with Crippen LogP contribution in [0.5, 0.6) is 5.75 Å². The number of methoxy groups -OCH3 is 1. The van der Waals surface area contributed by atoms with E-state index in [4.69, 9.17) is 4.74 Å². The zero-order valence-corrected chi connectivity index (χ0v) is 17.7. The highest BCUT2D eigenvalue weighted by molar-refractivity contribution is 6.22. The van der Waals surface area contributed by atoms with Gasteiger partial charge in [-0.05, 0) is 29.8 Å². The maximum atomic E-state index is 12.9. The summed E-state index contributed by atoms with van der Waals surface area (Å²) >= 11 is 0. The Morgan fingerprint density at radius 2 is 1.88 bits per heavy atom. The van der Waals surface area contributed by atoms with Crippen LogP contribution in [-0.4, -0.2) is 40.5 Å². The average Bonchev–Trinajstić information content (AvgIpc) is 3.35. The molecule has 2 atom stereocenters. The number of hydrogen-bond donors (Lipinski definition) is 2. The van der Waals surface area contributed by atoms with Gasteiger partial charge in [0.1, 0.15) is 23.7 Å². The molecule has 3 aromatic rings. The molecule has 164 valence electrons. The number of rotatable bonds is 7. The van der Waals surface area contributed by atoms with Crippen LogP contribution in [-0.2, 0) is 16.6 Å². The standard InChI is InChI=1S/C23H23N5O4/c1-27-13-12-24-21(27)20(15-6-4-3-5-7-15)26-19(29)14-18-22(30)28(23(31)25-18)16-8-10-17(32-2)11-9-16/h3-13,18,20H,14H2,1-2H3,(H,25,31)(H,26,29)/t18-,20+/m0/s1. The number of nitrogens with one attached hydrogen (secondary N) is 2. The number of carbonyl (C=O) groups is 3. The monoisotopic (exact) mass is 433 g/mol. The van der Waals surface area contributed by atoms with Crippen molar-refractivity contribution >= 4 is 23.5 Å². The minimum absolute atomic E-state index is 0.189. The molecule has 0 saturated carbocycles. The Morgan fingerprint density at radius 1 is 1.16 bits per heavy atom. The Balaban J connectivity index is 1.48. The summed E-state index contributed by atoms with van der Waals surface area (Å²) in [6.45, 7) is 0. The van der Waals surface area contributed by atoms with E-state index in [0.29, 0.717) is 17.3 Å². The number of imidazole rings is 1. The summed E-state index contributed by atoms with van der Waals surface area (Å²) in [5, 5.41) is 5.54. The van der Waals surface area contributed by atoms with Crippen LogP contribution in [0.4, 0.5) is 10.5 Å². The summed E-state index contributed by atoms with van der Waals surface area (Å²) in [6, 6.07) is 14.0. The molecular formula is C23H23N5O4. The Morgan fingerprint density at radius 3 is 2.50 bits per heavy atom. The van der Waals surface area contributed by atoms with E-state index in [1.807, 2.05) is 41.9 Å². The fraction of sp³-hybridized carbons (Fsp3) is 0.217. The average molecular weight is 433 g/mol. The van der Waals surface area contributed by atoms with Crippen molar-refractivity contribution in [2.75, 3.05) is 12.0 Å². The maximum absolute atomic E-state index is 12.9. The van der Waals surface area contributed by atoms with Crippen molar-refractivity contribution in [3.05, 3.63) is 78.4 Å². The number of carbonyl (C=O) groups excluding carboxylic acids is 3. The van der Waals surface area contributed by atoms with Crippen LogP contribution in [0.25, 0.3) is 0 Å². The summed E-state index contributed by atoms with van der Waals surface area (Å²) < 4.78 is 6.93.